The lowest BCUT2D eigenvalue weighted by molar-refractivity contribution is -0.115. The quantitative estimate of drug-likeness (QED) is 0.515. The van der Waals surface area contributed by atoms with Gasteiger partial charge in [0.15, 0.2) is 0 Å². The number of carbonyl (C=O) groups is 1. The minimum atomic E-state index is -0.331. The van der Waals surface area contributed by atoms with E-state index in [0.29, 0.717) is 28.6 Å². The van der Waals surface area contributed by atoms with E-state index in [9.17, 15) is 4.79 Å². The van der Waals surface area contributed by atoms with Crippen LogP contribution in [0.5, 0.6) is 0 Å². The average molecular weight is 316 g/mol. The van der Waals surface area contributed by atoms with Gasteiger partial charge in [0.1, 0.15) is 12.9 Å². The Balaban J connectivity index is 2.87. The van der Waals surface area contributed by atoms with Gasteiger partial charge in [-0.3, -0.25) is 4.79 Å². The van der Waals surface area contributed by atoms with E-state index < -0.39 is 0 Å². The van der Waals surface area contributed by atoms with Gasteiger partial charge in [0, 0.05) is 25.3 Å². The van der Waals surface area contributed by atoms with Crippen molar-refractivity contribution in [3.8, 4) is 0 Å². The molecule has 0 aliphatic heterocycles. The smallest absolute Gasteiger partial charge is 0.244 e. The average Bonchev–Trinajstić information content (AvgIpc) is 2.37. The highest BCUT2D eigenvalue weighted by Crippen LogP contribution is 2.23. The van der Waals surface area contributed by atoms with Crippen molar-refractivity contribution in [2.45, 2.75) is 19.8 Å². The molecule has 0 bridgehead atoms. The van der Waals surface area contributed by atoms with Gasteiger partial charge in [-0.15, -0.1) is 0 Å². The molecule has 0 aliphatic carbocycles. The summed E-state index contributed by atoms with van der Waals surface area (Å²) < 4.78 is 0. The van der Waals surface area contributed by atoms with E-state index in [1.807, 2.05) is 0 Å². The highest BCUT2D eigenvalue weighted by Gasteiger charge is 2.09. The van der Waals surface area contributed by atoms with Crippen LogP contribution in [-0.2, 0) is 9.63 Å². The molecule has 0 spiro atoms. The van der Waals surface area contributed by atoms with Crippen LogP contribution in [0, 0.1) is 0 Å². The maximum atomic E-state index is 10.8. The molecule has 1 amide bonds. The van der Waals surface area contributed by atoms with Crippen molar-refractivity contribution in [2.75, 3.05) is 7.11 Å². The molecular formula is C13H15Cl2N3O2. The number of rotatable bonds is 5. The van der Waals surface area contributed by atoms with Gasteiger partial charge in [-0.05, 0) is 12.1 Å². The number of amides is 1. The van der Waals surface area contributed by atoms with E-state index in [1.165, 1.54) is 14.0 Å². The molecule has 20 heavy (non-hydrogen) atoms. The minimum absolute atomic E-state index is 0.251. The first-order valence-corrected chi connectivity index (χ1v) is 6.58. The van der Waals surface area contributed by atoms with Crippen LogP contribution in [0.25, 0.3) is 0 Å². The monoisotopic (exact) mass is 315 g/mol. The Morgan fingerprint density at radius 1 is 1.30 bits per heavy atom. The molecule has 7 heteroatoms. The van der Waals surface area contributed by atoms with Crippen LogP contribution in [0.4, 0.5) is 0 Å². The Kier molecular flexibility index (Phi) is 6.48. The first-order chi connectivity index (χ1) is 9.43. The Morgan fingerprint density at radius 3 is 2.55 bits per heavy atom. The van der Waals surface area contributed by atoms with Crippen LogP contribution in [0.3, 0.4) is 0 Å². The Bertz CT molecular complexity index is 557. The van der Waals surface area contributed by atoms with Crippen molar-refractivity contribution in [1.82, 2.24) is 0 Å². The van der Waals surface area contributed by atoms with Gasteiger partial charge in [0.25, 0.3) is 0 Å². The molecule has 2 N–H and O–H groups in total. The molecule has 1 rings (SSSR count). The van der Waals surface area contributed by atoms with Crippen molar-refractivity contribution in [3.63, 3.8) is 0 Å². The van der Waals surface area contributed by atoms with Crippen LogP contribution in [0.1, 0.15) is 25.3 Å². The molecule has 0 radical (unpaired) electrons. The Morgan fingerprint density at radius 2 is 2.00 bits per heavy atom. The number of amidine groups is 1. The van der Waals surface area contributed by atoms with E-state index in [1.54, 1.807) is 18.2 Å². The lowest BCUT2D eigenvalue weighted by atomic mass is 10.1. The zero-order chi connectivity index (χ0) is 15.1. The molecule has 0 atom stereocenters. The molecule has 0 saturated heterocycles. The summed E-state index contributed by atoms with van der Waals surface area (Å²) in [4.78, 5) is 19.3. The van der Waals surface area contributed by atoms with E-state index in [0.717, 1.165) is 5.56 Å². The van der Waals surface area contributed by atoms with Crippen LogP contribution in [0.15, 0.2) is 28.3 Å². The predicted octanol–water partition coefficient (Wildman–Crippen LogP) is 3.03. The number of benzene rings is 1. The zero-order valence-electron chi connectivity index (χ0n) is 11.2. The van der Waals surface area contributed by atoms with Crippen molar-refractivity contribution < 1.29 is 9.63 Å². The molecule has 0 aliphatic rings. The van der Waals surface area contributed by atoms with Crippen LogP contribution >= 0.6 is 23.2 Å². The molecule has 0 saturated carbocycles. The Labute approximate surface area is 127 Å². The first kappa shape index (κ1) is 16.5. The van der Waals surface area contributed by atoms with E-state index in [-0.39, 0.29) is 11.7 Å². The van der Waals surface area contributed by atoms with E-state index >= 15 is 0 Å². The SMILES string of the molecule is CON=C(CCC(N)=NC(C)=O)c1ccc(Cl)c(Cl)c1. The number of nitrogens with zero attached hydrogens (tertiary/aromatic N) is 2. The normalized spacial score (nSPS) is 12.4. The number of halogens is 2. The topological polar surface area (TPSA) is 77.0 Å². The summed E-state index contributed by atoms with van der Waals surface area (Å²) in [6.45, 7) is 1.34. The number of carbonyl (C=O) groups excluding carboxylic acids is 1. The predicted molar refractivity (Wildman–Crippen MR) is 81.5 cm³/mol. The van der Waals surface area contributed by atoms with Crippen molar-refractivity contribution in [3.05, 3.63) is 33.8 Å². The largest absolute Gasteiger partial charge is 0.399 e. The maximum absolute atomic E-state index is 10.8. The van der Waals surface area contributed by atoms with Crippen LogP contribution in [0.2, 0.25) is 10.0 Å². The fourth-order valence-corrected chi connectivity index (χ4v) is 1.83. The second-order valence-electron chi connectivity index (χ2n) is 3.97. The lowest BCUT2D eigenvalue weighted by Crippen LogP contribution is -2.16. The van der Waals surface area contributed by atoms with Gasteiger partial charge in [-0.2, -0.15) is 0 Å². The number of nitrogens with two attached hydrogens (primary N) is 1. The fraction of sp³-hybridized carbons (Fsp3) is 0.308. The summed E-state index contributed by atoms with van der Waals surface area (Å²) in [5.74, 6) is -0.0800. The maximum Gasteiger partial charge on any atom is 0.244 e. The van der Waals surface area contributed by atoms with Gasteiger partial charge in [0.05, 0.1) is 15.8 Å². The number of hydrogen-bond donors (Lipinski definition) is 1. The summed E-state index contributed by atoms with van der Waals surface area (Å²) >= 11 is 11.8. The van der Waals surface area contributed by atoms with Gasteiger partial charge in [0.2, 0.25) is 5.91 Å². The summed E-state index contributed by atoms with van der Waals surface area (Å²) in [5.41, 5.74) is 7.06. The fourth-order valence-electron chi connectivity index (χ4n) is 1.53. The van der Waals surface area contributed by atoms with Gasteiger partial charge in [-0.1, -0.05) is 34.4 Å². The number of aliphatic imine (C=N–C) groups is 1. The molecule has 5 nitrogen and oxygen atoms in total. The van der Waals surface area contributed by atoms with Gasteiger partial charge in [-0.25, -0.2) is 4.99 Å². The molecule has 1 aromatic rings. The third-order valence-corrected chi connectivity index (χ3v) is 3.11. The number of oxime groups is 1. The molecule has 108 valence electrons. The highest BCUT2D eigenvalue weighted by molar-refractivity contribution is 6.42. The summed E-state index contributed by atoms with van der Waals surface area (Å²) in [7, 11) is 1.45. The minimum Gasteiger partial charge on any atom is -0.399 e. The molecule has 0 aromatic heterocycles. The van der Waals surface area contributed by atoms with Gasteiger partial charge < -0.3 is 10.6 Å². The van der Waals surface area contributed by atoms with Crippen LogP contribution < -0.4 is 5.73 Å². The number of hydrogen-bond acceptors (Lipinski definition) is 3. The zero-order valence-corrected chi connectivity index (χ0v) is 12.7. The second kappa shape index (κ2) is 7.87. The van der Waals surface area contributed by atoms with E-state index in [2.05, 4.69) is 10.1 Å². The van der Waals surface area contributed by atoms with Crippen molar-refractivity contribution in [2.24, 2.45) is 15.9 Å². The van der Waals surface area contributed by atoms with E-state index in [4.69, 9.17) is 33.8 Å². The standard InChI is InChI=1S/C13H15Cl2N3O2/c1-8(19)17-13(16)6-5-12(18-20-2)9-3-4-10(14)11(15)7-9/h3-4,7H,5-6H2,1-2H3,(H2,16,17,19). The third kappa shape index (κ3) is 5.19. The van der Waals surface area contributed by atoms with Crippen molar-refractivity contribution >= 4 is 40.7 Å². The molecule has 0 unspecified atom stereocenters. The summed E-state index contributed by atoms with van der Waals surface area (Å²) in [6.07, 6.45) is 0.858. The second-order valence-corrected chi connectivity index (χ2v) is 4.79. The summed E-state index contributed by atoms with van der Waals surface area (Å²) in [5, 5.41) is 4.83. The lowest BCUT2D eigenvalue weighted by Gasteiger charge is -2.07. The Hall–Kier alpha value is -1.59. The molecule has 1 aromatic carbocycles. The highest BCUT2D eigenvalue weighted by atomic mass is 35.5. The third-order valence-electron chi connectivity index (χ3n) is 2.37. The molecule has 0 fully saturated rings. The molecule has 0 heterocycles. The first-order valence-electron chi connectivity index (χ1n) is 5.83. The van der Waals surface area contributed by atoms with Crippen molar-refractivity contribution in [1.29, 1.82) is 0 Å². The van der Waals surface area contributed by atoms with Gasteiger partial charge >= 0.3 is 0 Å². The summed E-state index contributed by atoms with van der Waals surface area (Å²) in [6, 6.07) is 5.15. The molecular weight excluding hydrogens is 301 g/mol. The van der Waals surface area contributed by atoms with Crippen LogP contribution in [-0.4, -0.2) is 24.6 Å².